The molecule has 1 aromatic carbocycles. The van der Waals surface area contributed by atoms with E-state index in [0.29, 0.717) is 15.8 Å². The third-order valence-corrected chi connectivity index (χ3v) is 2.98. The van der Waals surface area contributed by atoms with Crippen molar-refractivity contribution in [2.75, 3.05) is 7.11 Å². The van der Waals surface area contributed by atoms with E-state index in [-0.39, 0.29) is 5.92 Å². The first-order valence-electron chi connectivity index (χ1n) is 5.58. The molecule has 0 bridgehead atoms. The predicted molar refractivity (Wildman–Crippen MR) is 74.1 cm³/mol. The maximum atomic E-state index is 6.09. The van der Waals surface area contributed by atoms with Crippen molar-refractivity contribution in [1.29, 1.82) is 0 Å². The van der Waals surface area contributed by atoms with Crippen LogP contribution in [0.5, 0.6) is 5.75 Å². The number of halogens is 2. The highest BCUT2D eigenvalue weighted by Gasteiger charge is 2.14. The summed E-state index contributed by atoms with van der Waals surface area (Å²) in [4.78, 5) is 0. The van der Waals surface area contributed by atoms with Crippen molar-refractivity contribution < 1.29 is 4.74 Å². The number of benzene rings is 1. The normalized spacial score (nSPS) is 11.6. The molecule has 0 amide bonds. The van der Waals surface area contributed by atoms with E-state index in [9.17, 15) is 0 Å². The first-order chi connectivity index (χ1) is 8.10. The molecule has 0 aliphatic carbocycles. The lowest BCUT2D eigenvalue weighted by Crippen LogP contribution is -1.98. The fraction of sp³-hybridized carbons (Fsp3) is 0.429. The van der Waals surface area contributed by atoms with Crippen LogP contribution >= 0.6 is 23.2 Å². The summed E-state index contributed by atoms with van der Waals surface area (Å²) in [5, 5.41) is 1.17. The second kappa shape index (κ2) is 6.79. The second-order valence-corrected chi connectivity index (χ2v) is 4.67. The largest absolute Gasteiger partial charge is 0.495 e. The van der Waals surface area contributed by atoms with Crippen LogP contribution in [0.4, 0.5) is 0 Å². The third-order valence-electron chi connectivity index (χ3n) is 2.48. The Hall–Kier alpha value is -0.840. The van der Waals surface area contributed by atoms with E-state index >= 15 is 0 Å². The van der Waals surface area contributed by atoms with Gasteiger partial charge in [-0.1, -0.05) is 37.0 Å². The van der Waals surface area contributed by atoms with Gasteiger partial charge in [-0.05, 0) is 18.1 Å². The van der Waals surface area contributed by atoms with Gasteiger partial charge < -0.3 is 4.74 Å². The SMILES string of the molecule is CCC#CCC(C)c1cc(Cl)cc(Cl)c1OC. The van der Waals surface area contributed by atoms with E-state index in [1.54, 1.807) is 13.2 Å². The molecular formula is C14H16Cl2O. The Morgan fingerprint density at radius 1 is 1.29 bits per heavy atom. The summed E-state index contributed by atoms with van der Waals surface area (Å²) in [6.07, 6.45) is 1.65. The average molecular weight is 271 g/mol. The molecule has 0 spiro atoms. The van der Waals surface area contributed by atoms with Gasteiger partial charge >= 0.3 is 0 Å². The summed E-state index contributed by atoms with van der Waals surface area (Å²) >= 11 is 12.1. The molecule has 1 aromatic rings. The lowest BCUT2D eigenvalue weighted by atomic mass is 9.97. The Morgan fingerprint density at radius 3 is 2.59 bits per heavy atom. The van der Waals surface area contributed by atoms with Crippen LogP contribution in [0, 0.1) is 11.8 Å². The molecule has 17 heavy (non-hydrogen) atoms. The molecular weight excluding hydrogens is 255 g/mol. The van der Waals surface area contributed by atoms with Gasteiger partial charge in [0, 0.05) is 23.4 Å². The van der Waals surface area contributed by atoms with Gasteiger partial charge in [-0.15, -0.1) is 11.8 Å². The van der Waals surface area contributed by atoms with E-state index in [4.69, 9.17) is 27.9 Å². The lowest BCUT2D eigenvalue weighted by molar-refractivity contribution is 0.407. The first-order valence-corrected chi connectivity index (χ1v) is 6.34. The summed E-state index contributed by atoms with van der Waals surface area (Å²) in [6.45, 7) is 4.13. The summed E-state index contributed by atoms with van der Waals surface area (Å²) in [5.41, 5.74) is 1.01. The Labute approximate surface area is 113 Å². The second-order valence-electron chi connectivity index (χ2n) is 3.82. The van der Waals surface area contributed by atoms with Gasteiger partial charge in [0.15, 0.2) is 0 Å². The van der Waals surface area contributed by atoms with Gasteiger partial charge in [0.05, 0.1) is 12.1 Å². The zero-order chi connectivity index (χ0) is 12.8. The number of rotatable bonds is 3. The first kappa shape index (κ1) is 14.2. The average Bonchev–Trinajstić information content (AvgIpc) is 2.28. The minimum absolute atomic E-state index is 0.250. The van der Waals surface area contributed by atoms with Crippen molar-refractivity contribution >= 4 is 23.2 Å². The van der Waals surface area contributed by atoms with Crippen LogP contribution in [0.1, 0.15) is 38.2 Å². The van der Waals surface area contributed by atoms with Crippen LogP contribution in [-0.4, -0.2) is 7.11 Å². The number of hydrogen-bond donors (Lipinski definition) is 0. The summed E-state index contributed by atoms with van der Waals surface area (Å²) < 4.78 is 5.32. The molecule has 1 rings (SSSR count). The molecule has 0 fully saturated rings. The third kappa shape index (κ3) is 3.84. The maximum Gasteiger partial charge on any atom is 0.141 e. The maximum absolute atomic E-state index is 6.09. The number of methoxy groups -OCH3 is 1. The van der Waals surface area contributed by atoms with Crippen LogP contribution in [0.25, 0.3) is 0 Å². The van der Waals surface area contributed by atoms with Crippen LogP contribution < -0.4 is 4.74 Å². The molecule has 0 radical (unpaired) electrons. The predicted octanol–water partition coefficient (Wildman–Crippen LogP) is 4.91. The summed E-state index contributed by atoms with van der Waals surface area (Å²) in [5.74, 6) is 7.14. The monoisotopic (exact) mass is 270 g/mol. The van der Waals surface area contributed by atoms with Crippen LogP contribution in [0.3, 0.4) is 0 Å². The molecule has 0 aromatic heterocycles. The minimum atomic E-state index is 0.250. The van der Waals surface area contributed by atoms with Crippen molar-refractivity contribution in [2.24, 2.45) is 0 Å². The van der Waals surface area contributed by atoms with Crippen molar-refractivity contribution in [2.45, 2.75) is 32.6 Å². The summed E-state index contributed by atoms with van der Waals surface area (Å²) in [7, 11) is 1.61. The molecule has 0 aliphatic rings. The van der Waals surface area contributed by atoms with Crippen molar-refractivity contribution in [1.82, 2.24) is 0 Å². The molecule has 1 nitrogen and oxygen atoms in total. The molecule has 0 saturated carbocycles. The Balaban J connectivity index is 3.02. The molecule has 1 atom stereocenters. The van der Waals surface area contributed by atoms with Crippen LogP contribution in [-0.2, 0) is 0 Å². The van der Waals surface area contributed by atoms with E-state index in [1.807, 2.05) is 13.0 Å². The van der Waals surface area contributed by atoms with E-state index in [1.165, 1.54) is 0 Å². The van der Waals surface area contributed by atoms with E-state index < -0.39 is 0 Å². The van der Waals surface area contributed by atoms with Gasteiger partial charge in [-0.25, -0.2) is 0 Å². The highest BCUT2D eigenvalue weighted by molar-refractivity contribution is 6.35. The molecule has 3 heteroatoms. The summed E-state index contributed by atoms with van der Waals surface area (Å²) in [6, 6.07) is 3.58. The van der Waals surface area contributed by atoms with E-state index in [0.717, 1.165) is 18.4 Å². The molecule has 0 heterocycles. The van der Waals surface area contributed by atoms with Crippen molar-refractivity contribution in [3.05, 3.63) is 27.7 Å². The Kier molecular flexibility index (Phi) is 5.68. The molecule has 0 N–H and O–H groups in total. The van der Waals surface area contributed by atoms with Gasteiger partial charge in [-0.3, -0.25) is 0 Å². The quantitative estimate of drug-likeness (QED) is 0.710. The highest BCUT2D eigenvalue weighted by atomic mass is 35.5. The number of ether oxygens (including phenoxy) is 1. The topological polar surface area (TPSA) is 9.23 Å². The lowest BCUT2D eigenvalue weighted by Gasteiger charge is -2.15. The van der Waals surface area contributed by atoms with Gasteiger partial charge in [-0.2, -0.15) is 0 Å². The number of hydrogen-bond acceptors (Lipinski definition) is 1. The fourth-order valence-corrected chi connectivity index (χ4v) is 2.21. The van der Waals surface area contributed by atoms with Crippen LogP contribution in [0.15, 0.2) is 12.1 Å². The zero-order valence-electron chi connectivity index (χ0n) is 10.3. The Morgan fingerprint density at radius 2 is 2.00 bits per heavy atom. The molecule has 1 unspecified atom stereocenters. The molecule has 0 aliphatic heterocycles. The van der Waals surface area contributed by atoms with Gasteiger partial charge in [0.25, 0.3) is 0 Å². The van der Waals surface area contributed by atoms with Crippen LogP contribution in [0.2, 0.25) is 10.0 Å². The standard InChI is InChI=1S/C14H16Cl2O/c1-4-5-6-7-10(2)12-8-11(15)9-13(16)14(12)17-3/h8-10H,4,7H2,1-3H3. The molecule has 0 saturated heterocycles. The van der Waals surface area contributed by atoms with Crippen molar-refractivity contribution in [3.8, 4) is 17.6 Å². The van der Waals surface area contributed by atoms with Crippen molar-refractivity contribution in [3.63, 3.8) is 0 Å². The minimum Gasteiger partial charge on any atom is -0.495 e. The molecule has 92 valence electrons. The highest BCUT2D eigenvalue weighted by Crippen LogP contribution is 2.37. The van der Waals surface area contributed by atoms with Gasteiger partial charge in [0.2, 0.25) is 0 Å². The smallest absolute Gasteiger partial charge is 0.141 e. The van der Waals surface area contributed by atoms with Gasteiger partial charge in [0.1, 0.15) is 5.75 Å². The fourth-order valence-electron chi connectivity index (χ4n) is 1.62. The zero-order valence-corrected chi connectivity index (χ0v) is 11.8. The Bertz CT molecular complexity index is 444. The van der Waals surface area contributed by atoms with E-state index in [2.05, 4.69) is 18.8 Å².